The fraction of sp³-hybridized carbons (Fsp3) is 0.333. The van der Waals surface area contributed by atoms with Crippen LogP contribution in [0, 0.1) is 0 Å². The third kappa shape index (κ3) is 5.38. The van der Waals surface area contributed by atoms with Gasteiger partial charge in [0, 0.05) is 17.8 Å². The molecule has 2 aromatic rings. The summed E-state index contributed by atoms with van der Waals surface area (Å²) in [6.45, 7) is 1.59. The van der Waals surface area contributed by atoms with Crippen molar-refractivity contribution in [3.63, 3.8) is 0 Å². The largest absolute Gasteiger partial charge is 0.484 e. The van der Waals surface area contributed by atoms with Gasteiger partial charge in [-0.2, -0.15) is 5.10 Å². The van der Waals surface area contributed by atoms with E-state index in [1.807, 2.05) is 14.1 Å². The summed E-state index contributed by atoms with van der Waals surface area (Å²) in [5.74, 6) is 0.364. The molecule has 1 amide bonds. The van der Waals surface area contributed by atoms with E-state index in [9.17, 15) is 4.79 Å². The number of rotatable bonds is 7. The summed E-state index contributed by atoms with van der Waals surface area (Å²) in [6, 6.07) is 6.86. The molecule has 0 aliphatic carbocycles. The van der Waals surface area contributed by atoms with Gasteiger partial charge in [0.15, 0.2) is 6.61 Å². The molecule has 0 aliphatic rings. The topological polar surface area (TPSA) is 59.4 Å². The highest BCUT2D eigenvalue weighted by Crippen LogP contribution is 2.15. The molecule has 6 nitrogen and oxygen atoms in total. The number of benzene rings is 1. The van der Waals surface area contributed by atoms with Gasteiger partial charge in [-0.05, 0) is 38.4 Å². The number of hydrogen-bond donors (Lipinski definition) is 1. The smallest absolute Gasteiger partial charge is 0.262 e. The molecule has 118 valence electrons. The minimum absolute atomic E-state index is 0.0650. The van der Waals surface area contributed by atoms with Crippen molar-refractivity contribution in [3.05, 3.63) is 41.7 Å². The van der Waals surface area contributed by atoms with E-state index in [2.05, 4.69) is 15.3 Å². The predicted molar refractivity (Wildman–Crippen MR) is 86.4 cm³/mol. The quantitative estimate of drug-likeness (QED) is 0.848. The lowest BCUT2D eigenvalue weighted by Crippen LogP contribution is -2.20. The Morgan fingerprint density at radius 3 is 2.77 bits per heavy atom. The second kappa shape index (κ2) is 7.82. The van der Waals surface area contributed by atoms with Crippen LogP contribution in [0.4, 0.5) is 5.69 Å². The number of carbonyl (C=O) groups is 1. The Morgan fingerprint density at radius 1 is 1.36 bits per heavy atom. The van der Waals surface area contributed by atoms with Gasteiger partial charge >= 0.3 is 0 Å². The van der Waals surface area contributed by atoms with Crippen molar-refractivity contribution in [1.29, 1.82) is 0 Å². The Bertz CT molecular complexity index is 610. The Morgan fingerprint density at radius 2 is 2.09 bits per heavy atom. The summed E-state index contributed by atoms with van der Waals surface area (Å²) in [5, 5.41) is 7.56. The molecule has 1 N–H and O–H groups in total. The number of carbonyl (C=O) groups excluding carboxylic acids is 1. The molecule has 1 aromatic carbocycles. The molecule has 1 aromatic heterocycles. The molecule has 0 aliphatic heterocycles. The first kappa shape index (κ1) is 16.3. The van der Waals surface area contributed by atoms with Crippen LogP contribution in [-0.4, -0.2) is 47.8 Å². The van der Waals surface area contributed by atoms with Crippen LogP contribution in [0.25, 0.3) is 0 Å². The summed E-state index contributed by atoms with van der Waals surface area (Å²) in [6.07, 6.45) is 3.42. The third-order valence-corrected chi connectivity index (χ3v) is 3.13. The molecule has 0 bridgehead atoms. The first-order valence-electron chi connectivity index (χ1n) is 6.88. The van der Waals surface area contributed by atoms with Gasteiger partial charge in [-0.3, -0.25) is 9.48 Å². The molecule has 1 heterocycles. The van der Waals surface area contributed by atoms with Crippen LogP contribution in [0.2, 0.25) is 5.02 Å². The van der Waals surface area contributed by atoms with Crippen LogP contribution in [0.15, 0.2) is 36.7 Å². The maximum atomic E-state index is 11.8. The summed E-state index contributed by atoms with van der Waals surface area (Å²) >= 11 is 5.78. The van der Waals surface area contributed by atoms with Crippen molar-refractivity contribution in [2.75, 3.05) is 32.6 Å². The fourth-order valence-electron chi connectivity index (χ4n) is 1.73. The van der Waals surface area contributed by atoms with Crippen molar-refractivity contribution < 1.29 is 9.53 Å². The average Bonchev–Trinajstić information content (AvgIpc) is 2.92. The Balaban J connectivity index is 1.78. The molecule has 7 heteroatoms. The van der Waals surface area contributed by atoms with E-state index in [1.54, 1.807) is 41.3 Å². The molecule has 22 heavy (non-hydrogen) atoms. The van der Waals surface area contributed by atoms with Gasteiger partial charge in [0.25, 0.3) is 5.91 Å². The van der Waals surface area contributed by atoms with Crippen molar-refractivity contribution in [1.82, 2.24) is 14.7 Å². The molecule has 0 saturated carbocycles. The monoisotopic (exact) mass is 322 g/mol. The number of nitrogens with zero attached hydrogens (tertiary/aromatic N) is 3. The third-order valence-electron chi connectivity index (χ3n) is 2.88. The molecule has 0 radical (unpaired) electrons. The van der Waals surface area contributed by atoms with E-state index in [4.69, 9.17) is 16.3 Å². The lowest BCUT2D eigenvalue weighted by Gasteiger charge is -2.08. The van der Waals surface area contributed by atoms with E-state index in [0.717, 1.165) is 13.1 Å². The van der Waals surface area contributed by atoms with Gasteiger partial charge in [-0.1, -0.05) is 11.6 Å². The lowest BCUT2D eigenvalue weighted by atomic mass is 10.3. The maximum absolute atomic E-state index is 11.8. The van der Waals surface area contributed by atoms with Crippen LogP contribution in [0.1, 0.15) is 0 Å². The van der Waals surface area contributed by atoms with Crippen molar-refractivity contribution in [2.45, 2.75) is 6.54 Å². The summed E-state index contributed by atoms with van der Waals surface area (Å²) < 4.78 is 7.16. The van der Waals surface area contributed by atoms with E-state index in [-0.39, 0.29) is 12.5 Å². The second-order valence-electron chi connectivity index (χ2n) is 5.09. The lowest BCUT2D eigenvalue weighted by molar-refractivity contribution is -0.118. The van der Waals surface area contributed by atoms with Crippen molar-refractivity contribution in [3.8, 4) is 5.75 Å². The molecule has 0 saturated heterocycles. The zero-order valence-corrected chi connectivity index (χ0v) is 13.4. The molecule has 0 fully saturated rings. The number of halogens is 1. The van der Waals surface area contributed by atoms with Crippen LogP contribution in [-0.2, 0) is 11.3 Å². The zero-order valence-electron chi connectivity index (χ0n) is 12.6. The first-order valence-corrected chi connectivity index (χ1v) is 7.26. The number of nitrogens with one attached hydrogen (secondary N) is 1. The standard InChI is InChI=1S/C15H19ClN4O2/c1-19(2)7-8-20-10-13(9-17-20)18-15(21)11-22-14-5-3-12(16)4-6-14/h3-6,9-10H,7-8,11H2,1-2H3,(H,18,21). The number of aromatic nitrogens is 2. The number of anilines is 1. The van der Waals surface area contributed by atoms with Gasteiger partial charge < -0.3 is 15.0 Å². The minimum Gasteiger partial charge on any atom is -0.484 e. The molecule has 0 atom stereocenters. The zero-order chi connectivity index (χ0) is 15.9. The fourth-order valence-corrected chi connectivity index (χ4v) is 1.86. The highest BCUT2D eigenvalue weighted by atomic mass is 35.5. The minimum atomic E-state index is -0.234. The van der Waals surface area contributed by atoms with Gasteiger partial charge in [0.2, 0.25) is 0 Å². The van der Waals surface area contributed by atoms with Crippen molar-refractivity contribution >= 4 is 23.2 Å². The first-order chi connectivity index (χ1) is 10.5. The highest BCUT2D eigenvalue weighted by molar-refractivity contribution is 6.30. The molecule has 0 unspecified atom stereocenters. The normalized spacial score (nSPS) is 10.7. The number of amides is 1. The number of hydrogen-bond acceptors (Lipinski definition) is 4. The summed E-state index contributed by atoms with van der Waals surface area (Å²) in [4.78, 5) is 13.9. The van der Waals surface area contributed by atoms with Gasteiger partial charge in [-0.25, -0.2) is 0 Å². The maximum Gasteiger partial charge on any atom is 0.262 e. The highest BCUT2D eigenvalue weighted by Gasteiger charge is 2.06. The molecular weight excluding hydrogens is 304 g/mol. The summed E-state index contributed by atoms with van der Waals surface area (Å²) in [5.41, 5.74) is 0.656. The predicted octanol–water partition coefficient (Wildman–Crippen LogP) is 2.12. The Kier molecular flexibility index (Phi) is 5.80. The van der Waals surface area contributed by atoms with Crippen LogP contribution >= 0.6 is 11.6 Å². The van der Waals surface area contributed by atoms with E-state index >= 15 is 0 Å². The van der Waals surface area contributed by atoms with Crippen LogP contribution in [0.3, 0.4) is 0 Å². The average molecular weight is 323 g/mol. The molecular formula is C15H19ClN4O2. The van der Waals surface area contributed by atoms with Crippen molar-refractivity contribution in [2.24, 2.45) is 0 Å². The van der Waals surface area contributed by atoms with Gasteiger partial charge in [0.1, 0.15) is 5.75 Å². The summed E-state index contributed by atoms with van der Waals surface area (Å²) in [7, 11) is 4.00. The molecule has 0 spiro atoms. The number of likely N-dealkylation sites (N-methyl/N-ethyl adjacent to an activating group) is 1. The molecule has 2 rings (SSSR count). The van der Waals surface area contributed by atoms with Gasteiger partial charge in [-0.15, -0.1) is 0 Å². The second-order valence-corrected chi connectivity index (χ2v) is 5.52. The van der Waals surface area contributed by atoms with Gasteiger partial charge in [0.05, 0.1) is 18.4 Å². The number of ether oxygens (including phenoxy) is 1. The SMILES string of the molecule is CN(C)CCn1cc(NC(=O)COc2ccc(Cl)cc2)cn1. The Hall–Kier alpha value is -2.05. The van der Waals surface area contributed by atoms with Crippen LogP contribution < -0.4 is 10.1 Å². The van der Waals surface area contributed by atoms with E-state index < -0.39 is 0 Å². The Labute approximate surface area is 134 Å². The van der Waals surface area contributed by atoms with E-state index in [1.165, 1.54) is 0 Å². The van der Waals surface area contributed by atoms with Crippen LogP contribution in [0.5, 0.6) is 5.75 Å². The van der Waals surface area contributed by atoms with E-state index in [0.29, 0.717) is 16.5 Å².